The van der Waals surface area contributed by atoms with Crippen LogP contribution in [0.5, 0.6) is 0 Å². The Morgan fingerprint density at radius 1 is 0.897 bits per heavy atom. The van der Waals surface area contributed by atoms with E-state index in [4.69, 9.17) is 0 Å². The van der Waals surface area contributed by atoms with E-state index < -0.39 is 12.9 Å². The van der Waals surface area contributed by atoms with Gasteiger partial charge in [-0.1, -0.05) is 6.08 Å². The van der Waals surface area contributed by atoms with Gasteiger partial charge in [0.15, 0.2) is 0 Å². The molecule has 2 aromatic rings. The van der Waals surface area contributed by atoms with E-state index in [2.05, 4.69) is 20.2 Å². The van der Waals surface area contributed by atoms with Crippen LogP contribution >= 0.6 is 22.7 Å². The van der Waals surface area contributed by atoms with Crippen LogP contribution in [0.3, 0.4) is 0 Å². The van der Waals surface area contributed by atoms with Crippen LogP contribution in [0.1, 0.15) is 58.0 Å². The molecule has 2 fully saturated rings. The van der Waals surface area contributed by atoms with Crippen LogP contribution in [0, 0.1) is 5.92 Å². The van der Waals surface area contributed by atoms with E-state index >= 15 is 0 Å². The summed E-state index contributed by atoms with van der Waals surface area (Å²) in [5, 5.41) is 0. The van der Waals surface area contributed by atoms with Crippen LogP contribution in [-0.2, 0) is 0 Å². The first kappa shape index (κ1) is 23.0. The molecule has 160 valence electrons. The second-order valence-corrected chi connectivity index (χ2v) is 10.6. The molecular weight excluding hydrogens is 486 g/mol. The quantitative estimate of drug-likeness (QED) is 0.419. The summed E-state index contributed by atoms with van der Waals surface area (Å²) in [6, 6.07) is 7.53. The van der Waals surface area contributed by atoms with Gasteiger partial charge in [-0.3, -0.25) is 0 Å². The Balaban J connectivity index is 0.00000240. The van der Waals surface area contributed by atoms with Gasteiger partial charge in [-0.15, -0.1) is 22.7 Å². The Hall–Kier alpha value is -0.700. The number of nitrogens with zero attached hydrogens (tertiary/aromatic N) is 1. The monoisotopic (exact) mass is 509 g/mol. The van der Waals surface area contributed by atoms with Crippen LogP contribution in [0.25, 0.3) is 5.57 Å². The summed E-state index contributed by atoms with van der Waals surface area (Å²) in [7, 11) is 4.59. The summed E-state index contributed by atoms with van der Waals surface area (Å²) in [5.74, 6) is 0.354. The van der Waals surface area contributed by atoms with Crippen LogP contribution in [0.4, 0.5) is 17.6 Å². The molecule has 2 aromatic heterocycles. The van der Waals surface area contributed by atoms with Crippen molar-refractivity contribution < 1.29 is 39.0 Å². The zero-order valence-corrected chi connectivity index (χ0v) is 19.5. The molecule has 29 heavy (non-hydrogen) atoms. The number of fused-ring (bicyclic) bond motifs is 2. The molecule has 4 rings (SSSR count). The van der Waals surface area contributed by atoms with Crippen LogP contribution < -0.4 is 17.0 Å². The fraction of sp³-hybridized carbons (Fsp3) is 0.524. The molecule has 0 saturated carbocycles. The van der Waals surface area contributed by atoms with E-state index in [-0.39, 0.29) is 26.7 Å². The SMILES string of the molecule is C[N+]1(C)C2CCC1CC(C=C(c1ccc(C(F)F)s1)c1ccc(C(F)F)s1)C2.[Br-]. The predicted molar refractivity (Wildman–Crippen MR) is 107 cm³/mol. The smallest absolute Gasteiger partial charge is 0.272 e. The fourth-order valence-corrected chi connectivity index (χ4v) is 6.68. The van der Waals surface area contributed by atoms with Crippen LogP contribution in [-0.4, -0.2) is 30.7 Å². The molecule has 2 aliphatic rings. The number of hydrogen-bond acceptors (Lipinski definition) is 2. The third-order valence-electron chi connectivity index (χ3n) is 6.48. The van der Waals surface area contributed by atoms with Crippen LogP contribution in [0.2, 0.25) is 0 Å². The van der Waals surface area contributed by atoms with Gasteiger partial charge in [0.25, 0.3) is 12.9 Å². The van der Waals surface area contributed by atoms with Gasteiger partial charge in [0.2, 0.25) is 0 Å². The van der Waals surface area contributed by atoms with Gasteiger partial charge in [0.05, 0.1) is 35.9 Å². The van der Waals surface area contributed by atoms with Crippen molar-refractivity contribution in [3.05, 3.63) is 49.9 Å². The lowest BCUT2D eigenvalue weighted by molar-refractivity contribution is -0.931. The van der Waals surface area contributed by atoms with Gasteiger partial charge in [-0.2, -0.15) is 0 Å². The Morgan fingerprint density at radius 2 is 1.34 bits per heavy atom. The molecule has 4 heterocycles. The molecule has 2 atom stereocenters. The number of allylic oxidation sites excluding steroid dienone is 1. The minimum Gasteiger partial charge on any atom is -1.00 e. The molecule has 0 amide bonds. The van der Waals surface area contributed by atoms with Gasteiger partial charge in [-0.05, 0) is 30.2 Å². The molecule has 2 unspecified atom stereocenters. The highest BCUT2D eigenvalue weighted by atomic mass is 79.9. The van der Waals surface area contributed by atoms with E-state index in [0.29, 0.717) is 18.0 Å². The van der Waals surface area contributed by atoms with Gasteiger partial charge in [-0.25, -0.2) is 17.6 Å². The van der Waals surface area contributed by atoms with Gasteiger partial charge in [0, 0.05) is 41.0 Å². The summed E-state index contributed by atoms with van der Waals surface area (Å²) >= 11 is 2.13. The number of thiophene rings is 2. The summed E-state index contributed by atoms with van der Waals surface area (Å²) in [5.41, 5.74) is 0.838. The topological polar surface area (TPSA) is 0 Å². The van der Waals surface area contributed by atoms with Crippen molar-refractivity contribution in [1.29, 1.82) is 0 Å². The first-order chi connectivity index (χ1) is 13.3. The zero-order chi connectivity index (χ0) is 20.1. The highest BCUT2D eigenvalue weighted by Gasteiger charge is 2.48. The zero-order valence-electron chi connectivity index (χ0n) is 16.3. The minimum atomic E-state index is -2.51. The molecule has 0 aromatic carbocycles. The molecule has 2 bridgehead atoms. The number of hydrogen-bond donors (Lipinski definition) is 0. The molecule has 1 nitrogen and oxygen atoms in total. The summed E-state index contributed by atoms with van der Waals surface area (Å²) in [6.45, 7) is 0. The normalized spacial score (nSPS) is 25.3. The highest BCUT2D eigenvalue weighted by Crippen LogP contribution is 2.45. The summed E-state index contributed by atoms with van der Waals surface area (Å²) in [4.78, 5) is 1.52. The lowest BCUT2D eigenvalue weighted by Crippen LogP contribution is -3.00. The van der Waals surface area contributed by atoms with Crippen molar-refractivity contribution in [3.63, 3.8) is 0 Å². The van der Waals surface area contributed by atoms with Crippen molar-refractivity contribution in [2.75, 3.05) is 14.1 Å². The maximum atomic E-state index is 13.1. The Bertz CT molecular complexity index is 809. The van der Waals surface area contributed by atoms with Crippen LogP contribution in [0.15, 0.2) is 30.3 Å². The van der Waals surface area contributed by atoms with E-state index in [0.717, 1.165) is 55.3 Å². The predicted octanol–water partition coefficient (Wildman–Crippen LogP) is 4.14. The van der Waals surface area contributed by atoms with Crippen molar-refractivity contribution in [2.45, 2.75) is 50.6 Å². The summed E-state index contributed by atoms with van der Waals surface area (Å²) < 4.78 is 53.5. The first-order valence-corrected chi connectivity index (χ1v) is 11.2. The summed E-state index contributed by atoms with van der Waals surface area (Å²) in [6.07, 6.45) is 1.72. The highest BCUT2D eigenvalue weighted by molar-refractivity contribution is 7.15. The molecule has 2 aliphatic heterocycles. The van der Waals surface area contributed by atoms with E-state index in [1.165, 1.54) is 25.0 Å². The Labute approximate surface area is 187 Å². The molecule has 0 N–H and O–H groups in total. The fourth-order valence-electron chi connectivity index (χ4n) is 4.81. The number of alkyl halides is 4. The maximum Gasteiger partial charge on any atom is 0.272 e. The average molecular weight is 510 g/mol. The molecule has 0 spiro atoms. The van der Waals surface area contributed by atoms with E-state index in [9.17, 15) is 17.6 Å². The van der Waals surface area contributed by atoms with E-state index in [1.54, 1.807) is 12.1 Å². The molecule has 8 heteroatoms. The Morgan fingerprint density at radius 3 is 1.72 bits per heavy atom. The third-order valence-corrected chi connectivity index (χ3v) is 8.73. The number of quaternary nitrogens is 1. The number of piperidine rings is 1. The van der Waals surface area contributed by atoms with Crippen molar-refractivity contribution in [3.8, 4) is 0 Å². The Kier molecular flexibility index (Phi) is 6.98. The molecule has 2 saturated heterocycles. The molecule has 0 radical (unpaired) electrons. The molecule has 0 aliphatic carbocycles. The average Bonchev–Trinajstić information content (AvgIpc) is 3.31. The second kappa shape index (κ2) is 8.81. The molecular formula is C21H24BrF4NS2. The number of halogens is 5. The van der Waals surface area contributed by atoms with Gasteiger partial charge in [0.1, 0.15) is 0 Å². The standard InChI is InChI=1S/C21H24F4NS2.BrH/c1-26(2)13-3-4-14(26)10-12(9-13)11-15(16-5-7-18(27-16)20(22)23)17-6-8-19(28-17)21(24)25;/h5-8,11-14,20-21H,3-4,9-10H2,1-2H3;1H/q+1;/p-1. The lowest BCUT2D eigenvalue weighted by atomic mass is 9.87. The largest absolute Gasteiger partial charge is 1.00 e. The van der Waals surface area contributed by atoms with Gasteiger partial charge < -0.3 is 21.5 Å². The van der Waals surface area contributed by atoms with E-state index in [1.807, 2.05) is 0 Å². The number of rotatable bonds is 5. The first-order valence-electron chi connectivity index (χ1n) is 9.57. The third kappa shape index (κ3) is 4.50. The second-order valence-electron chi connectivity index (χ2n) is 8.33. The maximum absolute atomic E-state index is 13.1. The minimum absolute atomic E-state index is 0. The van der Waals surface area contributed by atoms with Crippen molar-refractivity contribution in [2.24, 2.45) is 5.92 Å². The lowest BCUT2D eigenvalue weighted by Gasteiger charge is -2.43. The van der Waals surface area contributed by atoms with Crippen molar-refractivity contribution >= 4 is 28.2 Å². The van der Waals surface area contributed by atoms with Crippen molar-refractivity contribution in [1.82, 2.24) is 0 Å². The van der Waals surface area contributed by atoms with Gasteiger partial charge >= 0.3 is 0 Å².